The van der Waals surface area contributed by atoms with E-state index in [0.717, 1.165) is 82.8 Å². The van der Waals surface area contributed by atoms with Crippen LogP contribution in [-0.4, -0.2) is 98.4 Å². The Balaban J connectivity index is 0.000000151. The Morgan fingerprint density at radius 2 is 1.45 bits per heavy atom. The molecule has 82 heavy (non-hydrogen) atoms. The third kappa shape index (κ3) is 12.9. The largest absolute Gasteiger partial charge is 0.369 e. The van der Waals surface area contributed by atoms with Crippen LogP contribution in [0.4, 0.5) is 0 Å². The first kappa shape index (κ1) is 58.4. The van der Waals surface area contributed by atoms with Gasteiger partial charge in [-0.25, -0.2) is 15.0 Å². The molecule has 424 valence electrons. The molecule has 2 aromatic heterocycles. The van der Waals surface area contributed by atoms with Gasteiger partial charge in [-0.2, -0.15) is 0 Å². The van der Waals surface area contributed by atoms with E-state index in [1.165, 1.54) is 38.6 Å². The lowest BCUT2D eigenvalue weighted by Crippen LogP contribution is -2.47. The zero-order valence-electron chi connectivity index (χ0n) is 46.2. The van der Waals surface area contributed by atoms with E-state index in [0.29, 0.717) is 36.4 Å². The van der Waals surface area contributed by atoms with Gasteiger partial charge in [-0.1, -0.05) is 109 Å². The van der Waals surface area contributed by atoms with Crippen LogP contribution in [0.5, 0.6) is 0 Å². The summed E-state index contributed by atoms with van der Waals surface area (Å²) < 4.78 is 0.920. The lowest BCUT2D eigenvalue weighted by molar-refractivity contribution is -0.132. The lowest BCUT2D eigenvalue weighted by Gasteiger charge is -2.34. The summed E-state index contributed by atoms with van der Waals surface area (Å²) in [6, 6.07) is 38.7. The van der Waals surface area contributed by atoms with E-state index in [-0.39, 0.29) is 64.9 Å². The fourth-order valence-electron chi connectivity index (χ4n) is 11.4. The first-order valence-corrected chi connectivity index (χ1v) is 28.6. The van der Waals surface area contributed by atoms with E-state index >= 15 is 0 Å². The molecule has 3 aliphatic heterocycles. The fourth-order valence-corrected chi connectivity index (χ4v) is 12.0. The monoisotopic (exact) mass is 1190 g/mol. The average molecular weight is 1190 g/mol. The highest BCUT2D eigenvalue weighted by molar-refractivity contribution is 9.10. The molecule has 11 rings (SSSR count). The molecule has 5 aliphatic rings. The van der Waals surface area contributed by atoms with Crippen LogP contribution >= 0.6 is 27.5 Å². The number of hydrogen-bond donors (Lipinski definition) is 5. The van der Waals surface area contributed by atoms with Gasteiger partial charge in [-0.05, 0) is 149 Å². The summed E-state index contributed by atoms with van der Waals surface area (Å²) in [6.45, 7) is 6.02. The minimum atomic E-state index is -0.915. The number of H-pyrrole nitrogens is 1. The van der Waals surface area contributed by atoms with Crippen molar-refractivity contribution in [3.05, 3.63) is 195 Å². The molecular formula is C63H68BrClN12O5. The van der Waals surface area contributed by atoms with Crippen LogP contribution in [0.3, 0.4) is 0 Å². The average Bonchev–Trinajstić information content (AvgIpc) is 4.25. The second-order valence-electron chi connectivity index (χ2n) is 21.9. The molecule has 2 aliphatic carbocycles. The zero-order valence-corrected chi connectivity index (χ0v) is 48.6. The van der Waals surface area contributed by atoms with E-state index < -0.39 is 16.6 Å². The van der Waals surface area contributed by atoms with Crippen molar-refractivity contribution in [3.8, 4) is 22.3 Å². The highest BCUT2D eigenvalue weighted by Crippen LogP contribution is 2.52. The summed E-state index contributed by atoms with van der Waals surface area (Å²) in [5, 5.41) is 3.77. The van der Waals surface area contributed by atoms with Crippen LogP contribution in [0, 0.1) is 11.8 Å². The number of hydrogen-bond acceptors (Lipinski definition) is 12. The number of rotatable bonds is 14. The number of aryl methyl sites for hydroxylation is 1. The van der Waals surface area contributed by atoms with Gasteiger partial charge in [0.1, 0.15) is 5.54 Å². The first-order valence-electron chi connectivity index (χ1n) is 27.5. The minimum absolute atomic E-state index is 0.0184. The molecule has 2 fully saturated rings. The number of halogens is 2. The van der Waals surface area contributed by atoms with Crippen LogP contribution in [0.2, 0.25) is 5.02 Å². The number of aromatic amines is 1. The predicted octanol–water partition coefficient (Wildman–Crippen LogP) is 9.07. The number of aromatic nitrogens is 2. The number of nitrogens with two attached hydrogens (primary N) is 3. The van der Waals surface area contributed by atoms with Crippen molar-refractivity contribution in [2.45, 2.75) is 93.8 Å². The molecule has 5 atom stereocenters. The number of nitrogens with one attached hydrogen (secondary N) is 2. The number of carbonyl (C=O) groups excluding carboxylic acids is 4. The lowest BCUT2D eigenvalue weighted by atomic mass is 9.75. The van der Waals surface area contributed by atoms with Gasteiger partial charge in [-0.3, -0.25) is 43.7 Å². The van der Waals surface area contributed by atoms with Crippen molar-refractivity contribution >= 4 is 69.0 Å². The molecule has 17 nitrogen and oxygen atoms in total. The third-order valence-corrected chi connectivity index (χ3v) is 16.7. The van der Waals surface area contributed by atoms with Crippen LogP contribution in [-0.2, 0) is 31.9 Å². The Morgan fingerprint density at radius 1 is 0.768 bits per heavy atom. The Morgan fingerprint density at radius 3 is 2.10 bits per heavy atom. The molecule has 4 amide bonds. The number of nitrogens with zero attached hydrogens (tertiary/aromatic N) is 7. The van der Waals surface area contributed by atoms with E-state index in [9.17, 15) is 24.0 Å². The maximum Gasteiger partial charge on any atom is 0.262 e. The molecule has 0 saturated heterocycles. The van der Waals surface area contributed by atoms with Gasteiger partial charge < -0.3 is 27.5 Å². The number of likely N-dealkylation sites (N-methyl/N-ethyl adjacent to an activating group) is 1. The molecule has 0 radical (unpaired) electrons. The smallest absolute Gasteiger partial charge is 0.262 e. The van der Waals surface area contributed by atoms with Gasteiger partial charge in [-0.15, -0.1) is 6.58 Å². The van der Waals surface area contributed by atoms with Crippen LogP contribution in [0.15, 0.2) is 177 Å². The molecule has 0 spiro atoms. The van der Waals surface area contributed by atoms with Crippen LogP contribution in [0.25, 0.3) is 22.3 Å². The number of benzene rings is 4. The highest BCUT2D eigenvalue weighted by Gasteiger charge is 2.58. The highest BCUT2D eigenvalue weighted by atomic mass is 79.9. The molecule has 5 heterocycles. The molecule has 4 aromatic carbocycles. The van der Waals surface area contributed by atoms with Crippen molar-refractivity contribution in [1.29, 1.82) is 0 Å². The molecule has 8 N–H and O–H groups in total. The van der Waals surface area contributed by atoms with Gasteiger partial charge in [0.05, 0.1) is 17.5 Å². The SMILES string of the molecule is C=CCN1C(=O)C(c2cccc(-c3cccc(Cl)c3)c2)(C2CC2)N=C1N.CN1C(=O)C[C@@](C)(c2cccc(-c3cncc(Br)c3)c2)N=C1N.CN1C(=O)[C@@](CCc2ccccc2)(C[C@H]2CCC[C@@H](NC(=O)c3ccc(=O)[nH]c3)C2)N=C1N. The Labute approximate surface area is 491 Å². The standard InChI is InChI=1S/C25H31N5O3.C21H20ClN3O.C17H17BrN4O/c1-30-23(33)25(29-24(30)26,13-12-17-6-3-2-4-7-17)15-18-8-5-9-20(14-18)28-22(32)19-10-11-21(31)27-16-19;1-2-11-25-19(26)21(16-9-10-16,24-20(25)23)17-7-3-5-14(12-17)15-6-4-8-18(22)13-15;1-17(8-15(23)22(2)16(19)21-17)13-5-3-4-11(6-13)12-7-14(18)10-20-9-12/h2-4,6-7,10-11,16,18,20H,5,8-9,12-15H2,1H3,(H2,26,29)(H,27,31)(H,28,32);2-8,12-13,16H,1,9-11H2,(H2,23,24);3-7,9-10H,8H2,1-2H3,(H2,19,21)/t18-,20+,25+;;17-/m0.0/s1. The van der Waals surface area contributed by atoms with Gasteiger partial charge >= 0.3 is 0 Å². The normalized spacial score (nSPS) is 23.2. The quantitative estimate of drug-likeness (QED) is 0.0652. The summed E-state index contributed by atoms with van der Waals surface area (Å²) >= 11 is 9.57. The second-order valence-corrected chi connectivity index (χ2v) is 23.2. The van der Waals surface area contributed by atoms with E-state index in [4.69, 9.17) is 28.8 Å². The van der Waals surface area contributed by atoms with Crippen LogP contribution < -0.4 is 28.1 Å². The topological polar surface area (TPSA) is 251 Å². The van der Waals surface area contributed by atoms with Crippen molar-refractivity contribution in [2.75, 3.05) is 20.6 Å². The van der Waals surface area contributed by atoms with E-state index in [2.05, 4.69) is 64.9 Å². The molecule has 0 bridgehead atoms. The van der Waals surface area contributed by atoms with Gasteiger partial charge in [0.25, 0.3) is 17.7 Å². The molecule has 1 unspecified atom stereocenters. The summed E-state index contributed by atoms with van der Waals surface area (Å²) in [5.41, 5.74) is 22.9. The molecule has 19 heteroatoms. The molecule has 6 aromatic rings. The second kappa shape index (κ2) is 24.9. The minimum Gasteiger partial charge on any atom is -0.369 e. The third-order valence-electron chi connectivity index (χ3n) is 16.0. The molecule has 2 saturated carbocycles. The number of pyridine rings is 2. The first-order chi connectivity index (χ1) is 39.3. The Bertz CT molecular complexity index is 3530. The summed E-state index contributed by atoms with van der Waals surface area (Å²) in [4.78, 5) is 87.5. The summed E-state index contributed by atoms with van der Waals surface area (Å²) in [7, 11) is 3.32. The van der Waals surface area contributed by atoms with E-state index in [1.807, 2.05) is 110 Å². The van der Waals surface area contributed by atoms with Crippen molar-refractivity contribution in [2.24, 2.45) is 44.0 Å². The number of guanidine groups is 3. The number of aliphatic imine (C=N–C) groups is 3. The van der Waals surface area contributed by atoms with Crippen molar-refractivity contribution in [1.82, 2.24) is 30.0 Å². The van der Waals surface area contributed by atoms with Crippen molar-refractivity contribution in [3.63, 3.8) is 0 Å². The zero-order chi connectivity index (χ0) is 58.3. The number of carbonyl (C=O) groups is 4. The fraction of sp³-hybridized carbons (Fsp3) is 0.317. The predicted molar refractivity (Wildman–Crippen MR) is 325 cm³/mol. The van der Waals surface area contributed by atoms with E-state index in [1.54, 1.807) is 26.4 Å². The number of amides is 4. The van der Waals surface area contributed by atoms with Gasteiger partial charge in [0, 0.05) is 66.4 Å². The Hall–Kier alpha value is -8.22. The molecular weight excluding hydrogens is 1120 g/mol. The van der Waals surface area contributed by atoms with Gasteiger partial charge in [0.2, 0.25) is 11.5 Å². The maximum absolute atomic E-state index is 13.3. The van der Waals surface area contributed by atoms with Gasteiger partial charge in [0.15, 0.2) is 23.4 Å². The Kier molecular flexibility index (Phi) is 17.7. The maximum atomic E-state index is 13.3. The van der Waals surface area contributed by atoms with Crippen molar-refractivity contribution < 1.29 is 19.2 Å². The summed E-state index contributed by atoms with van der Waals surface area (Å²) in [6.07, 6.45) is 14.5. The van der Waals surface area contributed by atoms with Crippen LogP contribution in [0.1, 0.15) is 91.8 Å². The summed E-state index contributed by atoms with van der Waals surface area (Å²) in [5.74, 6) is 0.903.